The van der Waals surface area contributed by atoms with E-state index in [1.165, 1.54) is 0 Å². The maximum atomic E-state index is 10.2. The first kappa shape index (κ1) is 12.3. The Morgan fingerprint density at radius 3 is 2.41 bits per heavy atom. The van der Waals surface area contributed by atoms with E-state index in [1.807, 2.05) is 54.8 Å². The number of thiophene rings is 1. The van der Waals surface area contributed by atoms with E-state index >= 15 is 0 Å². The summed E-state index contributed by atoms with van der Waals surface area (Å²) in [6, 6.07) is 13.7. The Morgan fingerprint density at radius 1 is 1.12 bits per heavy atom. The van der Waals surface area contributed by atoms with Crippen molar-refractivity contribution < 1.29 is 5.11 Å². The molecular formula is C14H17NOS. The summed E-state index contributed by atoms with van der Waals surface area (Å²) in [7, 11) is 0. The SMILES string of the molecule is C[C@@H]([C@H](N)c1ccccc1)[C@@H](O)c1cccs1. The lowest BCUT2D eigenvalue weighted by atomic mass is 9.90. The molecule has 17 heavy (non-hydrogen) atoms. The van der Waals surface area contributed by atoms with Crippen LogP contribution >= 0.6 is 11.3 Å². The van der Waals surface area contributed by atoms with Crippen molar-refractivity contribution in [1.29, 1.82) is 0 Å². The van der Waals surface area contributed by atoms with E-state index in [2.05, 4.69) is 0 Å². The third-order valence-corrected chi connectivity index (χ3v) is 4.03. The molecule has 0 bridgehead atoms. The summed E-state index contributed by atoms with van der Waals surface area (Å²) in [6.45, 7) is 1.99. The summed E-state index contributed by atoms with van der Waals surface area (Å²) in [5.41, 5.74) is 7.26. The molecule has 3 heteroatoms. The molecule has 1 aromatic heterocycles. The Balaban J connectivity index is 2.12. The molecule has 0 spiro atoms. The van der Waals surface area contributed by atoms with Gasteiger partial charge in [0, 0.05) is 16.8 Å². The molecule has 0 saturated heterocycles. The number of nitrogens with two attached hydrogens (primary N) is 1. The van der Waals surface area contributed by atoms with Gasteiger partial charge in [0.2, 0.25) is 0 Å². The molecule has 0 saturated carbocycles. The van der Waals surface area contributed by atoms with Gasteiger partial charge in [-0.1, -0.05) is 43.3 Å². The highest BCUT2D eigenvalue weighted by Gasteiger charge is 2.24. The van der Waals surface area contributed by atoms with E-state index in [0.717, 1.165) is 10.4 Å². The summed E-state index contributed by atoms with van der Waals surface area (Å²) in [5.74, 6) is -0.00366. The molecule has 90 valence electrons. The van der Waals surface area contributed by atoms with Crippen molar-refractivity contribution in [2.24, 2.45) is 11.7 Å². The summed E-state index contributed by atoms with van der Waals surface area (Å²) in [6.07, 6.45) is -0.495. The van der Waals surface area contributed by atoms with Crippen LogP contribution in [0.1, 0.15) is 29.5 Å². The van der Waals surface area contributed by atoms with Crippen LogP contribution in [-0.4, -0.2) is 5.11 Å². The second kappa shape index (κ2) is 5.45. The van der Waals surface area contributed by atoms with Gasteiger partial charge in [-0.3, -0.25) is 0 Å². The Labute approximate surface area is 106 Å². The topological polar surface area (TPSA) is 46.2 Å². The highest BCUT2D eigenvalue weighted by atomic mass is 32.1. The monoisotopic (exact) mass is 247 g/mol. The Kier molecular flexibility index (Phi) is 3.94. The first-order chi connectivity index (χ1) is 8.20. The molecule has 3 N–H and O–H groups in total. The predicted molar refractivity (Wildman–Crippen MR) is 71.8 cm³/mol. The molecule has 2 rings (SSSR count). The minimum absolute atomic E-state index is 0.00366. The minimum Gasteiger partial charge on any atom is -0.387 e. The quantitative estimate of drug-likeness (QED) is 0.872. The van der Waals surface area contributed by atoms with Gasteiger partial charge in [-0.05, 0) is 17.0 Å². The van der Waals surface area contributed by atoms with Gasteiger partial charge in [0.15, 0.2) is 0 Å². The molecule has 3 atom stereocenters. The van der Waals surface area contributed by atoms with Gasteiger partial charge in [0.25, 0.3) is 0 Å². The van der Waals surface area contributed by atoms with Crippen LogP contribution in [-0.2, 0) is 0 Å². The largest absolute Gasteiger partial charge is 0.387 e. The predicted octanol–water partition coefficient (Wildman–Crippen LogP) is 3.12. The number of aliphatic hydroxyl groups excluding tert-OH is 1. The molecule has 0 aliphatic carbocycles. The zero-order chi connectivity index (χ0) is 12.3. The van der Waals surface area contributed by atoms with E-state index in [0.29, 0.717) is 0 Å². The van der Waals surface area contributed by atoms with Crippen LogP contribution in [0.2, 0.25) is 0 Å². The van der Waals surface area contributed by atoms with Crippen LogP contribution in [0.5, 0.6) is 0 Å². The van der Waals surface area contributed by atoms with E-state index in [1.54, 1.807) is 11.3 Å². The van der Waals surface area contributed by atoms with E-state index in [-0.39, 0.29) is 12.0 Å². The molecular weight excluding hydrogens is 230 g/mol. The molecule has 0 radical (unpaired) electrons. The highest BCUT2D eigenvalue weighted by molar-refractivity contribution is 7.10. The van der Waals surface area contributed by atoms with Gasteiger partial charge in [0.05, 0.1) is 6.10 Å². The molecule has 0 aliphatic rings. The molecule has 0 unspecified atom stereocenters. The first-order valence-corrected chi connectivity index (χ1v) is 6.60. The average Bonchev–Trinajstić information content (AvgIpc) is 2.91. The fourth-order valence-electron chi connectivity index (χ4n) is 1.89. The number of hydrogen-bond donors (Lipinski definition) is 2. The van der Waals surface area contributed by atoms with Crippen LogP contribution in [0.4, 0.5) is 0 Å². The van der Waals surface area contributed by atoms with Gasteiger partial charge < -0.3 is 10.8 Å². The lowest BCUT2D eigenvalue weighted by Gasteiger charge is -2.24. The van der Waals surface area contributed by atoms with Gasteiger partial charge >= 0.3 is 0 Å². The molecule has 0 aliphatic heterocycles. The van der Waals surface area contributed by atoms with Crippen LogP contribution in [0.15, 0.2) is 47.8 Å². The molecule has 0 amide bonds. The third kappa shape index (κ3) is 2.75. The van der Waals surface area contributed by atoms with Crippen molar-refractivity contribution in [3.63, 3.8) is 0 Å². The van der Waals surface area contributed by atoms with Gasteiger partial charge in [0.1, 0.15) is 0 Å². The van der Waals surface area contributed by atoms with E-state index in [4.69, 9.17) is 5.73 Å². The first-order valence-electron chi connectivity index (χ1n) is 5.72. The van der Waals surface area contributed by atoms with Crippen molar-refractivity contribution in [3.05, 3.63) is 58.3 Å². The number of benzene rings is 1. The number of hydrogen-bond acceptors (Lipinski definition) is 3. The molecule has 1 heterocycles. The Hall–Kier alpha value is -1.16. The fraction of sp³-hybridized carbons (Fsp3) is 0.286. The zero-order valence-electron chi connectivity index (χ0n) is 9.78. The number of aliphatic hydroxyl groups is 1. The summed E-state index contributed by atoms with van der Waals surface area (Å²) in [4.78, 5) is 0.976. The molecule has 0 fully saturated rings. The minimum atomic E-state index is -0.495. The second-order valence-corrected chi connectivity index (χ2v) is 5.24. The lowest BCUT2D eigenvalue weighted by molar-refractivity contribution is 0.106. The van der Waals surface area contributed by atoms with Gasteiger partial charge in [-0.25, -0.2) is 0 Å². The van der Waals surface area contributed by atoms with Crippen molar-refractivity contribution in [1.82, 2.24) is 0 Å². The standard InChI is InChI=1S/C14H17NOS/c1-10(14(16)12-8-5-9-17-12)13(15)11-6-3-2-4-7-11/h2-10,13-14,16H,15H2,1H3/t10-,13-,14+/m0/s1. The maximum Gasteiger partial charge on any atom is 0.0925 e. The van der Waals surface area contributed by atoms with Crippen LogP contribution in [0.25, 0.3) is 0 Å². The third-order valence-electron chi connectivity index (χ3n) is 3.08. The average molecular weight is 247 g/mol. The zero-order valence-corrected chi connectivity index (χ0v) is 10.6. The summed E-state index contributed by atoms with van der Waals surface area (Å²) in [5, 5.41) is 12.2. The van der Waals surface area contributed by atoms with Crippen molar-refractivity contribution >= 4 is 11.3 Å². The molecule has 2 nitrogen and oxygen atoms in total. The summed E-state index contributed by atoms with van der Waals surface area (Å²) < 4.78 is 0. The van der Waals surface area contributed by atoms with Crippen molar-refractivity contribution in [3.8, 4) is 0 Å². The van der Waals surface area contributed by atoms with E-state index < -0.39 is 6.10 Å². The number of rotatable bonds is 4. The Morgan fingerprint density at radius 2 is 1.82 bits per heavy atom. The van der Waals surface area contributed by atoms with Crippen LogP contribution < -0.4 is 5.73 Å². The van der Waals surface area contributed by atoms with Crippen molar-refractivity contribution in [2.45, 2.75) is 19.1 Å². The maximum absolute atomic E-state index is 10.2. The van der Waals surface area contributed by atoms with Crippen molar-refractivity contribution in [2.75, 3.05) is 0 Å². The van der Waals surface area contributed by atoms with Crippen LogP contribution in [0, 0.1) is 5.92 Å². The van der Waals surface area contributed by atoms with E-state index in [9.17, 15) is 5.11 Å². The Bertz CT molecular complexity index is 441. The normalized spacial score (nSPS) is 16.4. The fourth-order valence-corrected chi connectivity index (χ4v) is 2.72. The summed E-state index contributed by atoms with van der Waals surface area (Å²) >= 11 is 1.57. The second-order valence-electron chi connectivity index (χ2n) is 4.26. The van der Waals surface area contributed by atoms with Gasteiger partial charge in [-0.15, -0.1) is 11.3 Å². The molecule has 2 aromatic rings. The smallest absolute Gasteiger partial charge is 0.0925 e. The van der Waals surface area contributed by atoms with Gasteiger partial charge in [-0.2, -0.15) is 0 Å². The highest BCUT2D eigenvalue weighted by Crippen LogP contribution is 2.32. The lowest BCUT2D eigenvalue weighted by Crippen LogP contribution is -2.24. The molecule has 1 aromatic carbocycles. The van der Waals surface area contributed by atoms with Crippen LogP contribution in [0.3, 0.4) is 0 Å².